The molecule has 240 valence electrons. The molecule has 0 atom stereocenters. The molecule has 0 saturated carbocycles. The van der Waals surface area contributed by atoms with Crippen LogP contribution in [-0.4, -0.2) is 0 Å². The second kappa shape index (κ2) is 10.2. The molecule has 1 heteroatoms. The van der Waals surface area contributed by atoms with Gasteiger partial charge in [-0.3, -0.25) is 0 Å². The molecule has 9 aromatic carbocycles. The van der Waals surface area contributed by atoms with Crippen LogP contribution < -0.4 is 0 Å². The lowest BCUT2D eigenvalue weighted by Gasteiger charge is -2.31. The summed E-state index contributed by atoms with van der Waals surface area (Å²) in [5.74, 6) is 0. The van der Waals surface area contributed by atoms with Gasteiger partial charge in [-0.1, -0.05) is 146 Å². The first-order valence-corrected chi connectivity index (χ1v) is 18.1. The third kappa shape index (κ3) is 3.57. The van der Waals surface area contributed by atoms with Gasteiger partial charge in [0.05, 0.1) is 5.41 Å². The molecular weight excluding hydrogens is 629 g/mol. The lowest BCUT2D eigenvalue weighted by molar-refractivity contribution is 0.669. The fourth-order valence-corrected chi connectivity index (χ4v) is 9.67. The van der Waals surface area contributed by atoms with Gasteiger partial charge in [0.15, 0.2) is 0 Å². The summed E-state index contributed by atoms with van der Waals surface area (Å²) in [6.07, 6.45) is 0. The van der Waals surface area contributed by atoms with Crippen LogP contribution in [0.2, 0.25) is 0 Å². The molecule has 0 N–H and O–H groups in total. The van der Waals surface area contributed by atoms with Crippen molar-refractivity contribution in [2.75, 3.05) is 0 Å². The summed E-state index contributed by atoms with van der Waals surface area (Å²) in [7, 11) is 0. The van der Waals surface area contributed by atoms with E-state index in [0.29, 0.717) is 0 Å². The topological polar surface area (TPSA) is 13.1 Å². The number of rotatable bonds is 2. The molecule has 1 nitrogen and oxygen atoms in total. The lowest BCUT2D eigenvalue weighted by atomic mass is 9.69. The highest BCUT2D eigenvalue weighted by Crippen LogP contribution is 2.64. The van der Waals surface area contributed by atoms with E-state index in [1.165, 1.54) is 88.3 Å². The minimum atomic E-state index is -0.465. The number of fused-ring (bicyclic) bond motifs is 16. The van der Waals surface area contributed by atoms with Crippen molar-refractivity contribution in [3.63, 3.8) is 0 Å². The van der Waals surface area contributed by atoms with Gasteiger partial charge in [-0.25, -0.2) is 0 Å². The molecule has 0 radical (unpaired) electrons. The zero-order chi connectivity index (χ0) is 34.0. The second-order valence-corrected chi connectivity index (χ2v) is 14.4. The summed E-state index contributed by atoms with van der Waals surface area (Å²) in [5, 5.41) is 7.25. The lowest BCUT2D eigenvalue weighted by Crippen LogP contribution is -2.26. The van der Waals surface area contributed by atoms with E-state index in [1.54, 1.807) is 0 Å². The van der Waals surface area contributed by atoms with Gasteiger partial charge in [0.1, 0.15) is 11.2 Å². The summed E-state index contributed by atoms with van der Waals surface area (Å²) in [6, 6.07) is 67.4. The smallest absolute Gasteiger partial charge is 0.136 e. The Bertz CT molecular complexity index is 3080. The highest BCUT2D eigenvalue weighted by atomic mass is 16.3. The van der Waals surface area contributed by atoms with Gasteiger partial charge in [0.2, 0.25) is 0 Å². The summed E-state index contributed by atoms with van der Waals surface area (Å²) in [4.78, 5) is 0. The summed E-state index contributed by atoms with van der Waals surface area (Å²) >= 11 is 0. The van der Waals surface area contributed by atoms with Crippen LogP contribution in [0.25, 0.3) is 88.0 Å². The Hall–Kier alpha value is -6.70. The van der Waals surface area contributed by atoms with E-state index >= 15 is 0 Å². The molecule has 0 saturated heterocycles. The first kappa shape index (κ1) is 28.0. The van der Waals surface area contributed by atoms with Crippen LogP contribution in [0.1, 0.15) is 22.3 Å². The molecule has 2 aliphatic carbocycles. The second-order valence-electron chi connectivity index (χ2n) is 14.4. The Kier molecular flexibility index (Phi) is 5.49. The van der Waals surface area contributed by atoms with Crippen molar-refractivity contribution in [3.05, 3.63) is 204 Å². The van der Waals surface area contributed by atoms with Crippen LogP contribution in [0.4, 0.5) is 0 Å². The molecule has 1 aromatic heterocycles. The Morgan fingerprint density at radius 1 is 0.308 bits per heavy atom. The predicted octanol–water partition coefficient (Wildman–Crippen LogP) is 13.6. The molecule has 0 amide bonds. The zero-order valence-corrected chi connectivity index (χ0v) is 28.2. The van der Waals surface area contributed by atoms with E-state index in [4.69, 9.17) is 4.42 Å². The van der Waals surface area contributed by atoms with Gasteiger partial charge < -0.3 is 4.42 Å². The van der Waals surface area contributed by atoms with Crippen molar-refractivity contribution >= 4 is 43.5 Å². The van der Waals surface area contributed by atoms with E-state index in [1.807, 2.05) is 0 Å². The standard InChI is InChI=1S/C51H30O/c1-2-12-31(13-3-1)34-22-24-40-46(28-34)51(44-20-10-8-17-37(44)38-18-9-11-21-45(38)51)47-30-41(36-16-6-7-19-39(36)50(40)47)35-23-25-48-42(27-35)43-26-32-14-4-5-15-33(32)29-49(43)52-48/h1-30H. The fraction of sp³-hybridized carbons (Fsp3) is 0.0196. The van der Waals surface area contributed by atoms with Crippen LogP contribution in [0, 0.1) is 0 Å². The van der Waals surface area contributed by atoms with Gasteiger partial charge in [-0.15, -0.1) is 0 Å². The maximum atomic E-state index is 6.46. The van der Waals surface area contributed by atoms with Crippen molar-refractivity contribution < 1.29 is 4.42 Å². The molecule has 10 aromatic rings. The third-order valence-electron chi connectivity index (χ3n) is 11.8. The van der Waals surface area contributed by atoms with Crippen LogP contribution in [0.5, 0.6) is 0 Å². The van der Waals surface area contributed by atoms with Crippen molar-refractivity contribution in [1.82, 2.24) is 0 Å². The summed E-state index contributed by atoms with van der Waals surface area (Å²) < 4.78 is 6.46. The van der Waals surface area contributed by atoms with Crippen LogP contribution in [0.3, 0.4) is 0 Å². The van der Waals surface area contributed by atoms with Gasteiger partial charge in [-0.05, 0) is 125 Å². The molecule has 0 aliphatic heterocycles. The number of benzene rings is 9. The fourth-order valence-electron chi connectivity index (χ4n) is 9.67. The zero-order valence-electron chi connectivity index (χ0n) is 28.2. The molecule has 1 spiro atoms. The van der Waals surface area contributed by atoms with E-state index in [9.17, 15) is 0 Å². The molecule has 0 fully saturated rings. The predicted molar refractivity (Wildman–Crippen MR) is 216 cm³/mol. The van der Waals surface area contributed by atoms with Crippen molar-refractivity contribution in [3.8, 4) is 44.5 Å². The molecule has 0 bridgehead atoms. The monoisotopic (exact) mass is 658 g/mol. The van der Waals surface area contributed by atoms with Crippen molar-refractivity contribution in [2.24, 2.45) is 0 Å². The summed E-state index contributed by atoms with van der Waals surface area (Å²) in [5.41, 5.74) is 17.0. The molecule has 12 rings (SSSR count). The summed E-state index contributed by atoms with van der Waals surface area (Å²) in [6.45, 7) is 0. The molecule has 0 unspecified atom stereocenters. The minimum absolute atomic E-state index is 0.465. The minimum Gasteiger partial charge on any atom is -0.456 e. The van der Waals surface area contributed by atoms with Crippen LogP contribution >= 0.6 is 0 Å². The van der Waals surface area contributed by atoms with Crippen LogP contribution in [-0.2, 0) is 5.41 Å². The Labute approximate surface area is 301 Å². The normalized spacial score (nSPS) is 13.5. The van der Waals surface area contributed by atoms with E-state index < -0.39 is 5.41 Å². The molecule has 52 heavy (non-hydrogen) atoms. The third-order valence-corrected chi connectivity index (χ3v) is 11.8. The Morgan fingerprint density at radius 3 is 1.73 bits per heavy atom. The van der Waals surface area contributed by atoms with E-state index in [2.05, 4.69) is 182 Å². The highest BCUT2D eigenvalue weighted by molar-refractivity contribution is 6.14. The maximum absolute atomic E-state index is 6.46. The highest BCUT2D eigenvalue weighted by Gasteiger charge is 2.52. The van der Waals surface area contributed by atoms with Gasteiger partial charge >= 0.3 is 0 Å². The van der Waals surface area contributed by atoms with Crippen molar-refractivity contribution in [1.29, 1.82) is 0 Å². The maximum Gasteiger partial charge on any atom is 0.136 e. The van der Waals surface area contributed by atoms with Gasteiger partial charge in [0, 0.05) is 10.8 Å². The number of furan rings is 1. The Balaban J connectivity index is 1.20. The van der Waals surface area contributed by atoms with E-state index in [0.717, 1.165) is 21.9 Å². The largest absolute Gasteiger partial charge is 0.456 e. The number of hydrogen-bond acceptors (Lipinski definition) is 1. The molecule has 2 aliphatic rings. The van der Waals surface area contributed by atoms with Crippen molar-refractivity contribution in [2.45, 2.75) is 5.41 Å². The quantitative estimate of drug-likeness (QED) is 0.180. The average Bonchev–Trinajstić information content (AvgIpc) is 3.83. The van der Waals surface area contributed by atoms with Crippen LogP contribution in [0.15, 0.2) is 186 Å². The van der Waals surface area contributed by atoms with Gasteiger partial charge in [0.25, 0.3) is 0 Å². The van der Waals surface area contributed by atoms with E-state index in [-0.39, 0.29) is 0 Å². The SMILES string of the molecule is c1ccc(-c2ccc3c(c2)C2(c4ccccc4-c4ccccc42)c2cc(-c4ccc5oc6cc7ccccc7cc6c5c4)c4ccccc4c2-3)cc1. The average molecular weight is 659 g/mol. The Morgan fingerprint density at radius 2 is 0.942 bits per heavy atom. The van der Waals surface area contributed by atoms with Gasteiger partial charge in [-0.2, -0.15) is 0 Å². The number of hydrogen-bond donors (Lipinski definition) is 0. The first-order chi connectivity index (χ1) is 25.8. The molecule has 1 heterocycles. The molecular formula is C51H30O. The first-order valence-electron chi connectivity index (χ1n) is 18.1.